The summed E-state index contributed by atoms with van der Waals surface area (Å²) in [5, 5.41) is 7.84. The number of piperidine rings is 1. The monoisotopic (exact) mass is 448 g/mol. The van der Waals surface area contributed by atoms with Gasteiger partial charge >= 0.3 is 6.09 Å². The second-order valence-electron chi connectivity index (χ2n) is 9.56. The number of aromatic nitrogens is 4. The van der Waals surface area contributed by atoms with Gasteiger partial charge in [-0.05, 0) is 76.6 Å². The highest BCUT2D eigenvalue weighted by atomic mass is 16.6. The summed E-state index contributed by atoms with van der Waals surface area (Å²) in [7, 11) is 0. The van der Waals surface area contributed by atoms with Crippen molar-refractivity contribution in [3.05, 3.63) is 60.2 Å². The zero-order chi connectivity index (χ0) is 23.4. The molecule has 3 aromatic rings. The summed E-state index contributed by atoms with van der Waals surface area (Å²) in [5.41, 5.74) is 3.47. The summed E-state index contributed by atoms with van der Waals surface area (Å²) < 4.78 is 7.24. The van der Waals surface area contributed by atoms with E-state index in [1.165, 1.54) is 5.56 Å². The van der Waals surface area contributed by atoms with E-state index in [4.69, 9.17) is 4.74 Å². The van der Waals surface area contributed by atoms with Gasteiger partial charge in [0.25, 0.3) is 0 Å². The molecule has 0 spiro atoms. The van der Waals surface area contributed by atoms with Gasteiger partial charge in [0.1, 0.15) is 11.9 Å². The summed E-state index contributed by atoms with van der Waals surface area (Å²) in [6.07, 6.45) is 6.26. The van der Waals surface area contributed by atoms with E-state index < -0.39 is 5.60 Å². The molecule has 1 aliphatic rings. The van der Waals surface area contributed by atoms with Crippen molar-refractivity contribution in [1.29, 1.82) is 0 Å². The Morgan fingerprint density at radius 3 is 2.58 bits per heavy atom. The van der Waals surface area contributed by atoms with Crippen LogP contribution in [0.15, 0.2) is 48.9 Å². The van der Waals surface area contributed by atoms with Crippen molar-refractivity contribution in [3.8, 4) is 5.69 Å². The number of amides is 1. The number of carbonyl (C=O) groups is 1. The largest absolute Gasteiger partial charge is 0.444 e. The molecule has 0 radical (unpaired) electrons. The Bertz CT molecular complexity index is 1080. The second kappa shape index (κ2) is 9.60. The minimum Gasteiger partial charge on any atom is -0.444 e. The fourth-order valence-electron chi connectivity index (χ4n) is 3.94. The number of pyridine rings is 1. The Labute approximate surface area is 195 Å². The third-order valence-corrected chi connectivity index (χ3v) is 5.69. The van der Waals surface area contributed by atoms with Crippen LogP contribution in [0.25, 0.3) is 5.69 Å². The highest BCUT2D eigenvalue weighted by Gasteiger charge is 2.27. The van der Waals surface area contributed by atoms with Gasteiger partial charge in [-0.25, -0.2) is 9.48 Å². The van der Waals surface area contributed by atoms with Crippen molar-refractivity contribution in [2.45, 2.75) is 52.6 Å². The molecule has 8 nitrogen and oxygen atoms in total. The van der Waals surface area contributed by atoms with E-state index >= 15 is 0 Å². The van der Waals surface area contributed by atoms with Gasteiger partial charge in [0.05, 0.1) is 17.1 Å². The Hall–Kier alpha value is -3.42. The average molecular weight is 449 g/mol. The van der Waals surface area contributed by atoms with E-state index in [0.717, 1.165) is 49.4 Å². The van der Waals surface area contributed by atoms with Gasteiger partial charge in [-0.3, -0.25) is 4.98 Å². The lowest BCUT2D eigenvalue weighted by Gasteiger charge is -2.33. The maximum Gasteiger partial charge on any atom is 0.410 e. The minimum atomic E-state index is -0.462. The molecule has 0 saturated carbocycles. The molecule has 2 aromatic heterocycles. The van der Waals surface area contributed by atoms with E-state index in [2.05, 4.69) is 26.4 Å². The topological polar surface area (TPSA) is 85.2 Å². The van der Waals surface area contributed by atoms with Crippen LogP contribution in [0, 0.1) is 12.8 Å². The van der Waals surface area contributed by atoms with Crippen molar-refractivity contribution in [1.82, 2.24) is 24.6 Å². The number of likely N-dealkylation sites (tertiary alicyclic amines) is 1. The van der Waals surface area contributed by atoms with Gasteiger partial charge in [0.15, 0.2) is 0 Å². The van der Waals surface area contributed by atoms with Gasteiger partial charge in [0.2, 0.25) is 5.95 Å². The molecule has 1 aromatic carbocycles. The number of rotatable bonds is 5. The Balaban J connectivity index is 1.36. The van der Waals surface area contributed by atoms with Crippen LogP contribution in [0.5, 0.6) is 0 Å². The van der Waals surface area contributed by atoms with Gasteiger partial charge in [-0.2, -0.15) is 4.98 Å². The average Bonchev–Trinajstić information content (AvgIpc) is 3.25. The second-order valence-corrected chi connectivity index (χ2v) is 9.56. The van der Waals surface area contributed by atoms with E-state index in [0.29, 0.717) is 11.9 Å². The maximum absolute atomic E-state index is 12.3. The first-order valence-electron chi connectivity index (χ1n) is 11.4. The molecule has 8 heteroatoms. The Morgan fingerprint density at radius 2 is 1.88 bits per heavy atom. The molecule has 1 fully saturated rings. The number of hydrogen-bond acceptors (Lipinski definition) is 6. The number of ether oxygens (including phenoxy) is 1. The summed E-state index contributed by atoms with van der Waals surface area (Å²) in [6, 6.07) is 12.0. The normalized spacial score (nSPS) is 14.8. The van der Waals surface area contributed by atoms with Crippen LogP contribution < -0.4 is 5.32 Å². The first-order chi connectivity index (χ1) is 15.8. The van der Waals surface area contributed by atoms with Crippen molar-refractivity contribution in [2.75, 3.05) is 18.4 Å². The highest BCUT2D eigenvalue weighted by Crippen LogP contribution is 2.25. The summed E-state index contributed by atoms with van der Waals surface area (Å²) in [5.74, 6) is 1.04. The van der Waals surface area contributed by atoms with Crippen LogP contribution in [0.2, 0.25) is 0 Å². The molecule has 0 unspecified atom stereocenters. The molecule has 1 saturated heterocycles. The number of hydrogen-bond donors (Lipinski definition) is 1. The summed E-state index contributed by atoms with van der Waals surface area (Å²) in [4.78, 5) is 23.1. The molecule has 1 amide bonds. The van der Waals surface area contributed by atoms with Crippen LogP contribution in [0.3, 0.4) is 0 Å². The van der Waals surface area contributed by atoms with Crippen LogP contribution in [0.1, 0.15) is 44.9 Å². The molecule has 1 aliphatic heterocycles. The molecule has 0 atom stereocenters. The van der Waals surface area contributed by atoms with Crippen molar-refractivity contribution >= 4 is 17.7 Å². The quantitative estimate of drug-likeness (QED) is 0.597. The number of nitrogens with one attached hydrogen (secondary N) is 1. The lowest BCUT2D eigenvalue weighted by atomic mass is 9.90. The fourth-order valence-corrected chi connectivity index (χ4v) is 3.94. The number of para-hydroxylation sites is 1. The van der Waals surface area contributed by atoms with Crippen LogP contribution in [0.4, 0.5) is 16.4 Å². The zero-order valence-electron chi connectivity index (χ0n) is 19.8. The number of carbonyl (C=O) groups excluding carboxylic acids is 1. The highest BCUT2D eigenvalue weighted by molar-refractivity contribution is 5.68. The Morgan fingerprint density at radius 1 is 1.15 bits per heavy atom. The smallest absolute Gasteiger partial charge is 0.410 e. The molecule has 4 rings (SSSR count). The predicted octanol–water partition coefficient (Wildman–Crippen LogP) is 4.90. The molecule has 3 heterocycles. The first-order valence-corrected chi connectivity index (χ1v) is 11.4. The molecule has 174 valence electrons. The third kappa shape index (κ3) is 6.09. The molecule has 33 heavy (non-hydrogen) atoms. The lowest BCUT2D eigenvalue weighted by molar-refractivity contribution is 0.0184. The van der Waals surface area contributed by atoms with Gasteiger partial charge in [-0.15, -0.1) is 5.10 Å². The fraction of sp³-hybridized carbons (Fsp3) is 0.440. The molecule has 0 aliphatic carbocycles. The summed E-state index contributed by atoms with van der Waals surface area (Å²) >= 11 is 0. The lowest BCUT2D eigenvalue weighted by Crippen LogP contribution is -2.42. The Kier molecular flexibility index (Phi) is 6.62. The minimum absolute atomic E-state index is 0.216. The van der Waals surface area contributed by atoms with Gasteiger partial charge < -0.3 is 15.0 Å². The third-order valence-electron chi connectivity index (χ3n) is 5.69. The van der Waals surface area contributed by atoms with E-state index in [-0.39, 0.29) is 6.09 Å². The maximum atomic E-state index is 12.3. The van der Waals surface area contributed by atoms with Crippen molar-refractivity contribution in [3.63, 3.8) is 0 Å². The molecule has 0 bridgehead atoms. The number of nitrogens with zero attached hydrogens (tertiary/aromatic N) is 5. The van der Waals surface area contributed by atoms with Crippen molar-refractivity contribution in [2.24, 2.45) is 5.92 Å². The summed E-state index contributed by atoms with van der Waals surface area (Å²) in [6.45, 7) is 9.12. The predicted molar refractivity (Wildman–Crippen MR) is 128 cm³/mol. The first kappa shape index (κ1) is 22.8. The zero-order valence-corrected chi connectivity index (χ0v) is 19.8. The standard InChI is InChI=1S/C25H32N6O2/c1-18-22(28-23-27-17-31(29-23)21-8-6-5-7-9-21)15-20(16-26-18)14-19-10-12-30(13-11-19)24(32)33-25(2,3)4/h5-9,15-17,19H,10-14H2,1-4H3,(H,28,29). The van der Waals surface area contributed by atoms with Gasteiger partial charge in [0, 0.05) is 19.3 Å². The molecular formula is C25H32N6O2. The van der Waals surface area contributed by atoms with Crippen LogP contribution in [-0.2, 0) is 11.2 Å². The number of anilines is 2. The van der Waals surface area contributed by atoms with Gasteiger partial charge in [-0.1, -0.05) is 18.2 Å². The van der Waals surface area contributed by atoms with Crippen LogP contribution >= 0.6 is 0 Å². The number of aryl methyl sites for hydroxylation is 1. The molecular weight excluding hydrogens is 416 g/mol. The van der Waals surface area contributed by atoms with E-state index in [1.54, 1.807) is 11.0 Å². The van der Waals surface area contributed by atoms with Crippen molar-refractivity contribution < 1.29 is 9.53 Å². The van der Waals surface area contributed by atoms with E-state index in [1.807, 2.05) is 69.1 Å². The number of benzene rings is 1. The SMILES string of the molecule is Cc1ncc(CC2CCN(C(=O)OC(C)(C)C)CC2)cc1Nc1ncn(-c2ccccc2)n1. The van der Waals surface area contributed by atoms with Crippen LogP contribution in [-0.4, -0.2) is 49.4 Å². The van der Waals surface area contributed by atoms with E-state index in [9.17, 15) is 4.79 Å². The molecule has 1 N–H and O–H groups in total.